The summed E-state index contributed by atoms with van der Waals surface area (Å²) in [5.41, 5.74) is 2.66. The van der Waals surface area contributed by atoms with Crippen LogP contribution in [0.1, 0.15) is 23.0 Å². The maximum Gasteiger partial charge on any atom is 0.246 e. The number of piperazine rings is 1. The van der Waals surface area contributed by atoms with Crippen LogP contribution in [0.15, 0.2) is 24.5 Å². The zero-order valence-corrected chi connectivity index (χ0v) is 14.5. The third-order valence-corrected chi connectivity index (χ3v) is 5.39. The van der Waals surface area contributed by atoms with Gasteiger partial charge < -0.3 is 23.8 Å². The highest BCUT2D eigenvalue weighted by Gasteiger charge is 2.47. The second-order valence-corrected chi connectivity index (χ2v) is 6.92. The molecule has 0 radical (unpaired) electrons. The molecule has 0 unspecified atom stereocenters. The molecule has 3 aliphatic heterocycles. The zero-order chi connectivity index (χ0) is 18.0. The van der Waals surface area contributed by atoms with Gasteiger partial charge in [0.25, 0.3) is 0 Å². The van der Waals surface area contributed by atoms with E-state index in [1.165, 1.54) is 4.90 Å². The lowest BCUT2D eigenvalue weighted by Crippen LogP contribution is -2.62. The number of benzene rings is 1. The van der Waals surface area contributed by atoms with Gasteiger partial charge in [-0.3, -0.25) is 9.59 Å². The highest BCUT2D eigenvalue weighted by atomic mass is 16.7. The second-order valence-electron chi connectivity index (χ2n) is 6.92. The van der Waals surface area contributed by atoms with E-state index in [1.54, 1.807) is 18.3 Å². The summed E-state index contributed by atoms with van der Waals surface area (Å²) < 4.78 is 12.8. The van der Waals surface area contributed by atoms with E-state index in [4.69, 9.17) is 9.47 Å². The topological polar surface area (TPSA) is 76.9 Å². The fourth-order valence-corrected chi connectivity index (χ4v) is 4.09. The summed E-state index contributed by atoms with van der Waals surface area (Å²) in [4.78, 5) is 33.4. The second kappa shape index (κ2) is 5.23. The first-order valence-corrected chi connectivity index (χ1v) is 8.50. The first-order chi connectivity index (χ1) is 12.5. The van der Waals surface area contributed by atoms with Gasteiger partial charge in [-0.2, -0.15) is 0 Å². The molecule has 3 aliphatic rings. The molecule has 2 aromatic rings. The van der Waals surface area contributed by atoms with Gasteiger partial charge in [0.2, 0.25) is 18.6 Å². The number of hydrogen-bond acceptors (Lipinski definition) is 5. The largest absolute Gasteiger partial charge is 0.454 e. The van der Waals surface area contributed by atoms with Crippen molar-refractivity contribution in [2.24, 2.45) is 7.05 Å². The molecule has 134 valence electrons. The molecule has 0 aliphatic carbocycles. The molecular formula is C18H18N4O4. The first kappa shape index (κ1) is 15.2. The quantitative estimate of drug-likeness (QED) is 0.744. The van der Waals surface area contributed by atoms with E-state index in [2.05, 4.69) is 4.98 Å². The fraction of sp³-hybridized carbons (Fsp3) is 0.389. The Balaban J connectivity index is 1.68. The van der Waals surface area contributed by atoms with Crippen molar-refractivity contribution in [1.82, 2.24) is 19.4 Å². The number of hydrogen-bond donors (Lipinski definition) is 0. The predicted octanol–water partition coefficient (Wildman–Crippen LogP) is 0.463. The summed E-state index contributed by atoms with van der Waals surface area (Å²) >= 11 is 0. The van der Waals surface area contributed by atoms with Crippen molar-refractivity contribution in [3.63, 3.8) is 0 Å². The predicted molar refractivity (Wildman–Crippen MR) is 89.6 cm³/mol. The summed E-state index contributed by atoms with van der Waals surface area (Å²) in [6.07, 6.45) is 2.21. The third-order valence-electron chi connectivity index (χ3n) is 5.39. The van der Waals surface area contributed by atoms with E-state index in [0.29, 0.717) is 17.9 Å². The van der Waals surface area contributed by atoms with E-state index in [1.807, 2.05) is 29.8 Å². The molecule has 8 nitrogen and oxygen atoms in total. The number of fused-ring (bicyclic) bond motifs is 3. The van der Waals surface area contributed by atoms with Crippen LogP contribution in [-0.2, 0) is 23.1 Å². The minimum Gasteiger partial charge on any atom is -0.454 e. The van der Waals surface area contributed by atoms with Gasteiger partial charge in [0.05, 0.1) is 18.6 Å². The van der Waals surface area contributed by atoms with Crippen molar-refractivity contribution >= 4 is 11.8 Å². The van der Waals surface area contributed by atoms with Gasteiger partial charge in [-0.25, -0.2) is 4.98 Å². The average Bonchev–Trinajstić information content (AvgIpc) is 3.24. The van der Waals surface area contributed by atoms with E-state index in [-0.39, 0.29) is 25.2 Å². The van der Waals surface area contributed by atoms with Crippen molar-refractivity contribution in [3.05, 3.63) is 41.5 Å². The van der Waals surface area contributed by atoms with Crippen LogP contribution in [0.25, 0.3) is 0 Å². The maximum atomic E-state index is 12.9. The summed E-state index contributed by atoms with van der Waals surface area (Å²) in [5.74, 6) is 1.22. The standard InChI is InChI=1S/C18H18N4O4/c1-20-7-15(23)22-12(18(20)24)6-11-16(19-8-21(11)2)17(22)10-3-4-13-14(5-10)26-9-25-13/h3-5,8,12,17H,6-7,9H2,1-2H3/t12-,17-/m1/s1. The lowest BCUT2D eigenvalue weighted by molar-refractivity contribution is -0.157. The van der Waals surface area contributed by atoms with Crippen LogP contribution in [-0.4, -0.2) is 57.6 Å². The number of likely N-dealkylation sites (N-methyl/N-ethyl adjacent to an activating group) is 1. The van der Waals surface area contributed by atoms with E-state index in [0.717, 1.165) is 17.0 Å². The third kappa shape index (κ3) is 1.98. The van der Waals surface area contributed by atoms with Crippen molar-refractivity contribution in [2.45, 2.75) is 18.5 Å². The molecule has 1 saturated heterocycles. The monoisotopic (exact) mass is 354 g/mol. The molecule has 1 aromatic heterocycles. The molecule has 2 atom stereocenters. The zero-order valence-electron chi connectivity index (χ0n) is 14.5. The molecule has 0 N–H and O–H groups in total. The lowest BCUT2D eigenvalue weighted by atomic mass is 9.89. The smallest absolute Gasteiger partial charge is 0.246 e. The summed E-state index contributed by atoms with van der Waals surface area (Å²) in [6.45, 7) is 0.269. The maximum absolute atomic E-state index is 12.9. The molecule has 1 aromatic carbocycles. The number of amides is 2. The van der Waals surface area contributed by atoms with Crippen LogP contribution in [0.3, 0.4) is 0 Å². The number of aryl methyl sites for hydroxylation is 1. The Morgan fingerprint density at radius 3 is 2.81 bits per heavy atom. The highest BCUT2D eigenvalue weighted by molar-refractivity contribution is 5.95. The number of aromatic nitrogens is 2. The van der Waals surface area contributed by atoms with Gasteiger partial charge in [0.15, 0.2) is 11.5 Å². The van der Waals surface area contributed by atoms with Crippen LogP contribution in [0.2, 0.25) is 0 Å². The molecule has 26 heavy (non-hydrogen) atoms. The number of rotatable bonds is 1. The molecule has 0 spiro atoms. The minimum atomic E-state index is -0.514. The number of ether oxygens (including phenoxy) is 2. The van der Waals surface area contributed by atoms with Gasteiger partial charge in [-0.15, -0.1) is 0 Å². The van der Waals surface area contributed by atoms with Crippen LogP contribution in [0.4, 0.5) is 0 Å². The van der Waals surface area contributed by atoms with Crippen LogP contribution in [0.5, 0.6) is 11.5 Å². The Hall–Kier alpha value is -3.03. The van der Waals surface area contributed by atoms with E-state index in [9.17, 15) is 9.59 Å². The van der Waals surface area contributed by atoms with E-state index < -0.39 is 12.1 Å². The summed E-state index contributed by atoms with van der Waals surface area (Å²) in [6, 6.07) is 4.70. The number of carbonyl (C=O) groups excluding carboxylic acids is 2. The van der Waals surface area contributed by atoms with Gasteiger partial charge in [0.1, 0.15) is 12.1 Å². The first-order valence-electron chi connectivity index (χ1n) is 8.50. The molecule has 1 fully saturated rings. The number of imidazole rings is 1. The van der Waals surface area contributed by atoms with Crippen molar-refractivity contribution in [3.8, 4) is 11.5 Å². The van der Waals surface area contributed by atoms with E-state index >= 15 is 0 Å². The van der Waals surface area contributed by atoms with Crippen molar-refractivity contribution in [2.75, 3.05) is 20.4 Å². The Bertz CT molecular complexity index is 937. The molecule has 0 saturated carbocycles. The molecule has 0 bridgehead atoms. The van der Waals surface area contributed by atoms with Crippen LogP contribution in [0, 0.1) is 0 Å². The molecule has 5 rings (SSSR count). The highest BCUT2D eigenvalue weighted by Crippen LogP contribution is 2.42. The van der Waals surface area contributed by atoms with Crippen LogP contribution < -0.4 is 9.47 Å². The summed E-state index contributed by atoms with van der Waals surface area (Å²) in [7, 11) is 3.59. The Morgan fingerprint density at radius 1 is 1.15 bits per heavy atom. The Morgan fingerprint density at radius 2 is 1.96 bits per heavy atom. The molecular weight excluding hydrogens is 336 g/mol. The van der Waals surface area contributed by atoms with Gasteiger partial charge in [0, 0.05) is 26.2 Å². The minimum absolute atomic E-state index is 0.0396. The van der Waals surface area contributed by atoms with Gasteiger partial charge in [-0.1, -0.05) is 6.07 Å². The molecule has 8 heteroatoms. The Kier molecular flexibility index (Phi) is 3.07. The van der Waals surface area contributed by atoms with Crippen molar-refractivity contribution < 1.29 is 19.1 Å². The average molecular weight is 354 g/mol. The SMILES string of the molecule is CN1CC(=O)N2[C@H](c3ccc4c(c3)OCO4)c3ncn(C)c3C[C@@H]2C1=O. The lowest BCUT2D eigenvalue weighted by Gasteiger charge is -2.45. The summed E-state index contributed by atoms with van der Waals surface area (Å²) in [5, 5.41) is 0. The molecule has 2 amide bonds. The van der Waals surface area contributed by atoms with Crippen LogP contribution >= 0.6 is 0 Å². The fourth-order valence-electron chi connectivity index (χ4n) is 4.09. The number of nitrogens with zero attached hydrogens (tertiary/aromatic N) is 4. The molecule has 4 heterocycles. The number of carbonyl (C=O) groups is 2. The van der Waals surface area contributed by atoms with Gasteiger partial charge >= 0.3 is 0 Å². The Labute approximate surface area is 149 Å². The normalized spacial score (nSPS) is 23.9. The van der Waals surface area contributed by atoms with Crippen molar-refractivity contribution in [1.29, 1.82) is 0 Å². The van der Waals surface area contributed by atoms with Gasteiger partial charge in [-0.05, 0) is 17.7 Å².